The molecule has 1 aromatic heterocycles. The first kappa shape index (κ1) is 19.6. The van der Waals surface area contributed by atoms with Gasteiger partial charge in [-0.1, -0.05) is 24.4 Å². The summed E-state index contributed by atoms with van der Waals surface area (Å²) in [5, 5.41) is 3.14. The van der Waals surface area contributed by atoms with Crippen molar-refractivity contribution in [2.24, 2.45) is 0 Å². The highest BCUT2D eigenvalue weighted by Crippen LogP contribution is 2.41. The molecule has 2 aromatic rings. The third-order valence-electron chi connectivity index (χ3n) is 5.05. The molecule has 1 N–H and O–H groups in total. The summed E-state index contributed by atoms with van der Waals surface area (Å²) in [4.78, 5) is 24.9. The molecule has 0 unspecified atom stereocenters. The quantitative estimate of drug-likeness (QED) is 0.822. The van der Waals surface area contributed by atoms with Gasteiger partial charge in [0.25, 0.3) is 5.56 Å². The standard InChI is InChI=1S/C19H21ClN2O4S/c1-2-22-13-15(7-10-17(22)23)21-18(24)19(11-3-4-12-19)27(25,26)16-8-5-14(20)6-9-16/h5-10,13H,2-4,11-12H2,1H3,(H,21,24). The molecule has 6 nitrogen and oxygen atoms in total. The van der Waals surface area contributed by atoms with E-state index < -0.39 is 20.5 Å². The number of rotatable bonds is 5. The monoisotopic (exact) mass is 408 g/mol. The van der Waals surface area contributed by atoms with E-state index in [9.17, 15) is 18.0 Å². The van der Waals surface area contributed by atoms with Gasteiger partial charge < -0.3 is 9.88 Å². The van der Waals surface area contributed by atoms with E-state index in [1.807, 2.05) is 6.92 Å². The number of carbonyl (C=O) groups excluding carboxylic acids is 1. The lowest BCUT2D eigenvalue weighted by molar-refractivity contribution is -0.118. The second-order valence-electron chi connectivity index (χ2n) is 6.65. The number of aryl methyl sites for hydroxylation is 1. The predicted octanol–water partition coefficient (Wildman–Crippen LogP) is 3.25. The molecule has 1 fully saturated rings. The zero-order valence-corrected chi connectivity index (χ0v) is 16.5. The summed E-state index contributed by atoms with van der Waals surface area (Å²) in [7, 11) is -3.90. The van der Waals surface area contributed by atoms with Crippen LogP contribution >= 0.6 is 11.6 Å². The fourth-order valence-electron chi connectivity index (χ4n) is 3.50. The molecule has 3 rings (SSSR count). The van der Waals surface area contributed by atoms with E-state index in [2.05, 4.69) is 5.32 Å². The number of carbonyl (C=O) groups is 1. The molecule has 0 saturated heterocycles. The number of amides is 1. The average molecular weight is 409 g/mol. The second kappa shape index (κ2) is 7.48. The van der Waals surface area contributed by atoms with Crippen LogP contribution in [0.25, 0.3) is 0 Å². The molecule has 8 heteroatoms. The van der Waals surface area contributed by atoms with E-state index in [-0.39, 0.29) is 23.3 Å². The van der Waals surface area contributed by atoms with Gasteiger partial charge in [-0.25, -0.2) is 8.42 Å². The molecular formula is C19H21ClN2O4S. The molecule has 0 bridgehead atoms. The van der Waals surface area contributed by atoms with Crippen molar-refractivity contribution in [1.29, 1.82) is 0 Å². The van der Waals surface area contributed by atoms with Crippen molar-refractivity contribution in [2.45, 2.75) is 48.8 Å². The van der Waals surface area contributed by atoms with Gasteiger partial charge >= 0.3 is 0 Å². The Hall–Kier alpha value is -2.12. The summed E-state index contributed by atoms with van der Waals surface area (Å²) < 4.78 is 26.6. The van der Waals surface area contributed by atoms with Gasteiger partial charge in [0.05, 0.1) is 10.6 Å². The van der Waals surface area contributed by atoms with Crippen LogP contribution in [0.4, 0.5) is 5.69 Å². The van der Waals surface area contributed by atoms with Crippen molar-refractivity contribution in [3.8, 4) is 0 Å². The third-order valence-corrected chi connectivity index (χ3v) is 7.81. The Morgan fingerprint density at radius 2 is 1.78 bits per heavy atom. The Morgan fingerprint density at radius 1 is 1.15 bits per heavy atom. The number of nitrogens with one attached hydrogen (secondary N) is 1. The molecule has 1 aromatic carbocycles. The van der Waals surface area contributed by atoms with Gasteiger partial charge in [0, 0.05) is 23.8 Å². The highest BCUT2D eigenvalue weighted by molar-refractivity contribution is 7.93. The first-order chi connectivity index (χ1) is 12.8. The minimum Gasteiger partial charge on any atom is -0.323 e. The number of anilines is 1. The number of pyridine rings is 1. The first-order valence-corrected chi connectivity index (χ1v) is 10.7. The summed E-state index contributed by atoms with van der Waals surface area (Å²) in [5.41, 5.74) is 0.221. The Kier molecular flexibility index (Phi) is 5.44. The molecule has 27 heavy (non-hydrogen) atoms. The van der Waals surface area contributed by atoms with Crippen molar-refractivity contribution in [2.75, 3.05) is 5.32 Å². The zero-order valence-electron chi connectivity index (χ0n) is 14.9. The summed E-state index contributed by atoms with van der Waals surface area (Å²) in [5.74, 6) is -0.559. The van der Waals surface area contributed by atoms with E-state index in [1.54, 1.807) is 0 Å². The lowest BCUT2D eigenvalue weighted by atomic mass is 10.1. The largest absolute Gasteiger partial charge is 0.323 e. The number of hydrogen-bond acceptors (Lipinski definition) is 4. The van der Waals surface area contributed by atoms with E-state index in [0.29, 0.717) is 30.1 Å². The van der Waals surface area contributed by atoms with Gasteiger partial charge in [-0.2, -0.15) is 0 Å². The van der Waals surface area contributed by atoms with Crippen molar-refractivity contribution in [3.63, 3.8) is 0 Å². The lowest BCUT2D eigenvalue weighted by Crippen LogP contribution is -2.47. The van der Waals surface area contributed by atoms with Crippen molar-refractivity contribution >= 4 is 33.0 Å². The fourth-order valence-corrected chi connectivity index (χ4v) is 5.69. The fraction of sp³-hybridized carbons (Fsp3) is 0.368. The molecule has 1 heterocycles. The number of aromatic nitrogens is 1. The summed E-state index contributed by atoms with van der Waals surface area (Å²) in [6.45, 7) is 2.27. The normalized spacial score (nSPS) is 16.2. The van der Waals surface area contributed by atoms with Gasteiger partial charge in [0.2, 0.25) is 5.91 Å². The van der Waals surface area contributed by atoms with Crippen LogP contribution in [0.2, 0.25) is 5.02 Å². The van der Waals surface area contributed by atoms with Gasteiger partial charge in [-0.15, -0.1) is 0 Å². The van der Waals surface area contributed by atoms with Crippen LogP contribution in [-0.2, 0) is 21.2 Å². The van der Waals surface area contributed by atoms with E-state index in [1.165, 1.54) is 47.2 Å². The Morgan fingerprint density at radius 3 is 2.37 bits per heavy atom. The van der Waals surface area contributed by atoms with Crippen molar-refractivity contribution < 1.29 is 13.2 Å². The molecular weight excluding hydrogens is 388 g/mol. The average Bonchev–Trinajstić information content (AvgIpc) is 3.15. The van der Waals surface area contributed by atoms with Gasteiger partial charge in [0.15, 0.2) is 14.6 Å². The molecule has 0 spiro atoms. The topological polar surface area (TPSA) is 85.2 Å². The van der Waals surface area contributed by atoms with Crippen LogP contribution in [0.3, 0.4) is 0 Å². The number of benzene rings is 1. The third kappa shape index (κ3) is 3.53. The Bertz CT molecular complexity index is 1010. The van der Waals surface area contributed by atoms with E-state index in [4.69, 9.17) is 11.6 Å². The zero-order chi connectivity index (χ0) is 19.7. The minimum atomic E-state index is -3.90. The van der Waals surface area contributed by atoms with Crippen LogP contribution in [-0.4, -0.2) is 23.6 Å². The van der Waals surface area contributed by atoms with Crippen LogP contribution < -0.4 is 10.9 Å². The molecule has 1 aliphatic rings. The van der Waals surface area contributed by atoms with Crippen LogP contribution in [0.1, 0.15) is 32.6 Å². The van der Waals surface area contributed by atoms with Gasteiger partial charge in [-0.3, -0.25) is 9.59 Å². The number of halogens is 1. The SMILES string of the molecule is CCn1cc(NC(=O)C2(S(=O)(=O)c3ccc(Cl)cc3)CCCC2)ccc1=O. The number of nitrogens with zero attached hydrogens (tertiary/aromatic N) is 1. The smallest absolute Gasteiger partial charge is 0.250 e. The summed E-state index contributed by atoms with van der Waals surface area (Å²) in [6, 6.07) is 8.72. The molecule has 0 atom stereocenters. The highest BCUT2D eigenvalue weighted by Gasteiger charge is 2.52. The summed E-state index contributed by atoms with van der Waals surface area (Å²) >= 11 is 5.87. The maximum Gasteiger partial charge on any atom is 0.250 e. The maximum atomic E-state index is 13.3. The summed E-state index contributed by atoms with van der Waals surface area (Å²) in [6.07, 6.45) is 3.37. The molecule has 1 saturated carbocycles. The lowest BCUT2D eigenvalue weighted by Gasteiger charge is -2.27. The van der Waals surface area contributed by atoms with Crippen LogP contribution in [0.15, 0.2) is 52.3 Å². The van der Waals surface area contributed by atoms with Crippen molar-refractivity contribution in [1.82, 2.24) is 4.57 Å². The van der Waals surface area contributed by atoms with Crippen molar-refractivity contribution in [3.05, 3.63) is 58.0 Å². The Balaban J connectivity index is 1.98. The molecule has 144 valence electrons. The Labute approximate surface area is 163 Å². The highest BCUT2D eigenvalue weighted by atomic mass is 35.5. The van der Waals surface area contributed by atoms with E-state index in [0.717, 1.165) is 0 Å². The molecule has 1 amide bonds. The van der Waals surface area contributed by atoms with E-state index >= 15 is 0 Å². The van der Waals surface area contributed by atoms with Crippen LogP contribution in [0.5, 0.6) is 0 Å². The minimum absolute atomic E-state index is 0.0856. The number of sulfone groups is 1. The molecule has 0 radical (unpaired) electrons. The molecule has 1 aliphatic carbocycles. The van der Waals surface area contributed by atoms with Gasteiger partial charge in [-0.05, 0) is 50.1 Å². The molecule has 0 aliphatic heterocycles. The maximum absolute atomic E-state index is 13.3. The predicted molar refractivity (Wildman–Crippen MR) is 105 cm³/mol. The van der Waals surface area contributed by atoms with Crippen LogP contribution in [0, 0.1) is 0 Å². The number of hydrogen-bond donors (Lipinski definition) is 1. The van der Waals surface area contributed by atoms with Gasteiger partial charge in [0.1, 0.15) is 0 Å². The first-order valence-electron chi connectivity index (χ1n) is 8.82. The second-order valence-corrected chi connectivity index (χ2v) is 9.35.